The zero-order valence-corrected chi connectivity index (χ0v) is 18.1. The van der Waals surface area contributed by atoms with Crippen LogP contribution in [0.2, 0.25) is 0 Å². The molecule has 1 aromatic heterocycles. The lowest BCUT2D eigenvalue weighted by atomic mass is 9.66. The van der Waals surface area contributed by atoms with Gasteiger partial charge in [0.15, 0.2) is 17.4 Å². The Morgan fingerprint density at radius 1 is 1.03 bits per heavy atom. The van der Waals surface area contributed by atoms with E-state index in [4.69, 9.17) is 5.11 Å². The van der Waals surface area contributed by atoms with E-state index in [0.29, 0.717) is 28.2 Å². The Morgan fingerprint density at radius 3 is 2.40 bits per heavy atom. The van der Waals surface area contributed by atoms with Crippen LogP contribution in [0, 0.1) is 17.0 Å². The fraction of sp³-hybridized carbons (Fsp3) is 0.240. The summed E-state index contributed by atoms with van der Waals surface area (Å²) in [7, 11) is 0. The lowest BCUT2D eigenvalue weighted by Gasteiger charge is -2.36. The number of Topliss-reactive ketones (excluding diaryl/α,β-unsaturated/α-hetero) is 1. The first-order valence-electron chi connectivity index (χ1n) is 10.6. The molecule has 1 aliphatic carbocycles. The summed E-state index contributed by atoms with van der Waals surface area (Å²) in [5, 5.41) is 12.1. The first kappa shape index (κ1) is 24.3. The van der Waals surface area contributed by atoms with Gasteiger partial charge in [-0.3, -0.25) is 14.6 Å². The summed E-state index contributed by atoms with van der Waals surface area (Å²) >= 11 is 0. The number of aryl methyl sites for hydroxylation is 1. The van der Waals surface area contributed by atoms with Gasteiger partial charge in [-0.1, -0.05) is 12.1 Å². The molecule has 4 rings (SSSR count). The van der Waals surface area contributed by atoms with E-state index in [2.05, 4.69) is 10.3 Å². The van der Waals surface area contributed by atoms with Crippen LogP contribution in [0.4, 0.5) is 33.3 Å². The highest BCUT2D eigenvalue weighted by Gasteiger charge is 2.50. The largest absolute Gasteiger partial charge is 0.481 e. The van der Waals surface area contributed by atoms with Gasteiger partial charge in [-0.15, -0.1) is 0 Å². The number of carbonyl (C=O) groups excluding carboxylic acids is 1. The standard InChI is InChI=1S/C25H19F5N2O3/c26-19-5-2-16(10-20(19)27)32-17-3-6-21(31-12-17)15-1-4-18-14(9-15)7-8-24(23(18)35,11-22(33)34)13-25(28,29)30/h1-6,9-10,12,32H,7-8,11,13H2,(H,33,34). The fourth-order valence-electron chi connectivity index (χ4n) is 4.41. The number of aliphatic carboxylic acids is 1. The van der Waals surface area contributed by atoms with Crippen molar-refractivity contribution >= 4 is 23.1 Å². The number of nitrogens with one attached hydrogen (secondary N) is 1. The Kier molecular flexibility index (Phi) is 6.31. The van der Waals surface area contributed by atoms with Gasteiger partial charge in [0, 0.05) is 22.9 Å². The zero-order chi connectivity index (χ0) is 25.4. The zero-order valence-electron chi connectivity index (χ0n) is 18.1. The summed E-state index contributed by atoms with van der Waals surface area (Å²) in [5.74, 6) is -4.23. The van der Waals surface area contributed by atoms with Crippen molar-refractivity contribution in [1.29, 1.82) is 0 Å². The Labute approximate surface area is 196 Å². The van der Waals surface area contributed by atoms with Gasteiger partial charge >= 0.3 is 12.1 Å². The smallest absolute Gasteiger partial charge is 0.390 e. The first-order valence-corrected chi connectivity index (χ1v) is 10.6. The summed E-state index contributed by atoms with van der Waals surface area (Å²) in [4.78, 5) is 28.6. The molecule has 0 aliphatic heterocycles. The Bertz CT molecular complexity index is 1290. The van der Waals surface area contributed by atoms with Crippen LogP contribution in [0.3, 0.4) is 0 Å². The van der Waals surface area contributed by atoms with Crippen LogP contribution in [-0.2, 0) is 11.2 Å². The number of hydrogen-bond acceptors (Lipinski definition) is 4. The fourth-order valence-corrected chi connectivity index (χ4v) is 4.41. The Hall–Kier alpha value is -3.82. The molecule has 0 radical (unpaired) electrons. The van der Waals surface area contributed by atoms with Crippen molar-refractivity contribution in [2.45, 2.75) is 31.9 Å². The SMILES string of the molecule is O=C(O)CC1(CC(F)(F)F)CCc2cc(-c3ccc(Nc4ccc(F)c(F)c4)cn3)ccc2C1=O. The minimum Gasteiger partial charge on any atom is -0.481 e. The number of pyridine rings is 1. The molecule has 0 spiro atoms. The Morgan fingerprint density at radius 2 is 1.77 bits per heavy atom. The van der Waals surface area contributed by atoms with Gasteiger partial charge in [0.05, 0.1) is 35.8 Å². The van der Waals surface area contributed by atoms with Gasteiger partial charge in [-0.05, 0) is 48.7 Å². The third-order valence-corrected chi connectivity index (χ3v) is 6.00. The maximum Gasteiger partial charge on any atom is 0.390 e. The third kappa shape index (κ3) is 5.31. The molecule has 2 aromatic carbocycles. The summed E-state index contributed by atoms with van der Waals surface area (Å²) < 4.78 is 66.0. The van der Waals surface area contributed by atoms with Gasteiger partial charge in [0.2, 0.25) is 0 Å². The normalized spacial score (nSPS) is 17.7. The predicted octanol–water partition coefficient (Wildman–Crippen LogP) is 6.31. The average Bonchev–Trinajstić information content (AvgIpc) is 2.78. The number of carboxylic acid groups (broad SMARTS) is 1. The Balaban J connectivity index is 1.57. The summed E-state index contributed by atoms with van der Waals surface area (Å²) in [6.45, 7) is 0. The number of hydrogen-bond donors (Lipinski definition) is 2. The topological polar surface area (TPSA) is 79.3 Å². The van der Waals surface area contributed by atoms with E-state index in [1.54, 1.807) is 24.3 Å². The van der Waals surface area contributed by atoms with Crippen molar-refractivity contribution in [2.24, 2.45) is 5.41 Å². The molecule has 182 valence electrons. The van der Waals surface area contributed by atoms with E-state index in [-0.39, 0.29) is 18.4 Å². The first-order chi connectivity index (χ1) is 16.5. The van der Waals surface area contributed by atoms with Gasteiger partial charge in [-0.25, -0.2) is 8.78 Å². The molecule has 1 aliphatic rings. The highest BCUT2D eigenvalue weighted by atomic mass is 19.4. The quantitative estimate of drug-likeness (QED) is 0.396. The number of halogens is 5. The van der Waals surface area contributed by atoms with Crippen LogP contribution in [0.1, 0.15) is 35.2 Å². The summed E-state index contributed by atoms with van der Waals surface area (Å²) in [6, 6.07) is 11.3. The minimum atomic E-state index is -4.68. The van der Waals surface area contributed by atoms with Crippen LogP contribution in [0.5, 0.6) is 0 Å². The summed E-state index contributed by atoms with van der Waals surface area (Å²) in [6.07, 6.45) is -5.68. The summed E-state index contributed by atoms with van der Waals surface area (Å²) in [5.41, 5.74) is 0.576. The van der Waals surface area contributed by atoms with Crippen LogP contribution in [-0.4, -0.2) is 28.0 Å². The van der Waals surface area contributed by atoms with E-state index >= 15 is 0 Å². The van der Waals surface area contributed by atoms with Gasteiger partial charge in [0.1, 0.15) is 0 Å². The molecule has 5 nitrogen and oxygen atoms in total. The van der Waals surface area contributed by atoms with Crippen molar-refractivity contribution in [3.05, 3.63) is 77.5 Å². The molecule has 0 saturated heterocycles. The highest BCUT2D eigenvalue weighted by Crippen LogP contribution is 2.46. The number of carbonyl (C=O) groups is 2. The van der Waals surface area contributed by atoms with Crippen LogP contribution in [0.25, 0.3) is 11.3 Å². The number of benzene rings is 2. The number of rotatable bonds is 6. The molecule has 35 heavy (non-hydrogen) atoms. The molecule has 1 heterocycles. The lowest BCUT2D eigenvalue weighted by molar-refractivity contribution is -0.160. The van der Waals surface area contributed by atoms with Gasteiger partial charge in [-0.2, -0.15) is 13.2 Å². The number of ketones is 1. The molecular formula is C25H19F5N2O3. The number of nitrogens with zero attached hydrogens (tertiary/aromatic N) is 1. The molecule has 2 N–H and O–H groups in total. The van der Waals surface area contributed by atoms with Crippen LogP contribution >= 0.6 is 0 Å². The van der Waals surface area contributed by atoms with E-state index in [9.17, 15) is 31.5 Å². The van der Waals surface area contributed by atoms with Crippen molar-refractivity contribution in [3.63, 3.8) is 0 Å². The van der Waals surface area contributed by atoms with Crippen molar-refractivity contribution in [2.75, 3.05) is 5.32 Å². The number of carboxylic acids is 1. The second-order valence-corrected chi connectivity index (χ2v) is 8.53. The van der Waals surface area contributed by atoms with Crippen molar-refractivity contribution in [1.82, 2.24) is 4.98 Å². The maximum atomic E-state index is 13.4. The number of anilines is 2. The van der Waals surface area contributed by atoms with E-state index in [1.165, 1.54) is 18.3 Å². The van der Waals surface area contributed by atoms with E-state index in [0.717, 1.165) is 12.1 Å². The van der Waals surface area contributed by atoms with Crippen molar-refractivity contribution < 1.29 is 36.6 Å². The molecule has 0 fully saturated rings. The van der Waals surface area contributed by atoms with Crippen LogP contribution < -0.4 is 5.32 Å². The number of fused-ring (bicyclic) bond motifs is 1. The maximum absolute atomic E-state index is 13.4. The molecule has 3 aromatic rings. The molecule has 1 atom stereocenters. The molecular weight excluding hydrogens is 471 g/mol. The lowest BCUT2D eigenvalue weighted by Crippen LogP contribution is -2.41. The molecule has 0 saturated carbocycles. The molecule has 0 amide bonds. The molecule has 10 heteroatoms. The van der Waals surface area contributed by atoms with Gasteiger partial charge in [0.25, 0.3) is 0 Å². The second-order valence-electron chi connectivity index (χ2n) is 8.53. The van der Waals surface area contributed by atoms with Crippen LogP contribution in [0.15, 0.2) is 54.7 Å². The van der Waals surface area contributed by atoms with E-state index in [1.807, 2.05) is 0 Å². The van der Waals surface area contributed by atoms with Crippen molar-refractivity contribution in [3.8, 4) is 11.3 Å². The average molecular weight is 490 g/mol. The molecule has 1 unspecified atom stereocenters. The van der Waals surface area contributed by atoms with E-state index < -0.39 is 47.8 Å². The predicted molar refractivity (Wildman–Crippen MR) is 117 cm³/mol. The third-order valence-electron chi connectivity index (χ3n) is 6.00. The minimum absolute atomic E-state index is 0.0853. The second kappa shape index (κ2) is 9.09. The highest BCUT2D eigenvalue weighted by molar-refractivity contribution is 6.04. The molecule has 0 bridgehead atoms. The number of alkyl halides is 3. The van der Waals surface area contributed by atoms with Gasteiger partial charge < -0.3 is 10.4 Å². The number of aromatic nitrogens is 1. The monoisotopic (exact) mass is 490 g/mol.